The molecule has 0 atom stereocenters. The van der Waals surface area contributed by atoms with Crippen molar-refractivity contribution in [3.8, 4) is 0 Å². The third kappa shape index (κ3) is 5.46. The van der Waals surface area contributed by atoms with E-state index in [1.165, 1.54) is 30.3 Å². The number of nitrogens with one attached hydrogen (secondary N) is 4. The summed E-state index contributed by atoms with van der Waals surface area (Å²) in [7, 11) is 0. The molecule has 11 heteroatoms. The maximum absolute atomic E-state index is 13.5. The molecule has 4 N–H and O–H groups in total. The second-order valence-electron chi connectivity index (χ2n) is 7.23. The van der Waals surface area contributed by atoms with Crippen LogP contribution in [0.25, 0.3) is 0 Å². The summed E-state index contributed by atoms with van der Waals surface area (Å²) in [5, 5.41) is 11.3. The predicted octanol–water partition coefficient (Wildman–Crippen LogP) is 5.25. The molecule has 34 heavy (non-hydrogen) atoms. The van der Waals surface area contributed by atoms with Gasteiger partial charge in [-0.05, 0) is 48.5 Å². The van der Waals surface area contributed by atoms with Crippen LogP contribution in [0.4, 0.5) is 35.9 Å². The molecule has 4 rings (SSSR count). The molecule has 0 bridgehead atoms. The number of carbonyl (C=O) groups excluding carboxylic acids is 2. The van der Waals surface area contributed by atoms with Crippen LogP contribution in [-0.4, -0.2) is 24.3 Å². The van der Waals surface area contributed by atoms with Crippen molar-refractivity contribution >= 4 is 52.1 Å². The lowest BCUT2D eigenvalue weighted by atomic mass is 10.2. The van der Waals surface area contributed by atoms with E-state index in [0.29, 0.717) is 22.1 Å². The van der Waals surface area contributed by atoms with Crippen molar-refractivity contribution in [3.05, 3.63) is 82.9 Å². The van der Waals surface area contributed by atoms with Gasteiger partial charge in [0.2, 0.25) is 11.9 Å². The van der Waals surface area contributed by atoms with E-state index in [1.807, 2.05) is 0 Å². The van der Waals surface area contributed by atoms with E-state index in [2.05, 4.69) is 26.3 Å². The molecule has 0 aliphatic carbocycles. The average Bonchev–Trinajstić information content (AvgIpc) is 2.79. The summed E-state index contributed by atoms with van der Waals surface area (Å²) in [6.07, 6.45) is -4.64. The zero-order valence-corrected chi connectivity index (χ0v) is 18.1. The molecule has 1 aliphatic rings. The lowest BCUT2D eigenvalue weighted by Gasteiger charge is -2.20. The number of fused-ring (bicyclic) bond motifs is 1. The van der Waals surface area contributed by atoms with Crippen LogP contribution in [0.15, 0.2) is 71.7 Å². The molecule has 0 unspecified atom stereocenters. The van der Waals surface area contributed by atoms with E-state index in [0.717, 1.165) is 6.07 Å². The molecule has 0 fully saturated rings. The fourth-order valence-corrected chi connectivity index (χ4v) is 3.40. The van der Waals surface area contributed by atoms with Gasteiger partial charge in [-0.1, -0.05) is 29.8 Å². The summed E-state index contributed by atoms with van der Waals surface area (Å²) >= 11 is 5.95. The van der Waals surface area contributed by atoms with Gasteiger partial charge in [-0.2, -0.15) is 13.2 Å². The molecular formula is C23H17ClF3N5O2. The molecule has 3 aromatic rings. The van der Waals surface area contributed by atoms with Gasteiger partial charge in [-0.15, -0.1) is 0 Å². The van der Waals surface area contributed by atoms with E-state index in [9.17, 15) is 22.8 Å². The number of benzene rings is 3. The first-order chi connectivity index (χ1) is 16.2. The highest BCUT2D eigenvalue weighted by molar-refractivity contribution is 6.31. The summed E-state index contributed by atoms with van der Waals surface area (Å²) in [6, 6.07) is 15.7. The largest absolute Gasteiger partial charge is 0.418 e. The molecule has 1 aliphatic heterocycles. The fraction of sp³-hybridized carbons (Fsp3) is 0.0870. The Morgan fingerprint density at radius 2 is 1.79 bits per heavy atom. The highest BCUT2D eigenvalue weighted by Crippen LogP contribution is 2.36. The number of halogens is 4. The van der Waals surface area contributed by atoms with Gasteiger partial charge in [0, 0.05) is 16.3 Å². The van der Waals surface area contributed by atoms with Crippen molar-refractivity contribution in [1.29, 1.82) is 0 Å². The minimum absolute atomic E-state index is 0.0713. The fourth-order valence-electron chi connectivity index (χ4n) is 3.21. The number of alkyl halides is 3. The molecule has 2 amide bonds. The van der Waals surface area contributed by atoms with E-state index < -0.39 is 17.6 Å². The maximum atomic E-state index is 13.5. The Hall–Kier alpha value is -4.05. The Labute approximate surface area is 197 Å². The molecule has 0 spiro atoms. The van der Waals surface area contributed by atoms with Crippen molar-refractivity contribution < 1.29 is 22.8 Å². The number of hydrogen-bond acceptors (Lipinski definition) is 4. The monoisotopic (exact) mass is 487 g/mol. The molecule has 0 radical (unpaired) electrons. The number of guanidine groups is 1. The van der Waals surface area contributed by atoms with Crippen molar-refractivity contribution in [1.82, 2.24) is 5.32 Å². The van der Waals surface area contributed by atoms with Gasteiger partial charge in [0.25, 0.3) is 5.91 Å². The van der Waals surface area contributed by atoms with Gasteiger partial charge in [-0.25, -0.2) is 4.99 Å². The summed E-state index contributed by atoms with van der Waals surface area (Å²) in [6.45, 7) is 0.0713. The van der Waals surface area contributed by atoms with Crippen LogP contribution >= 0.6 is 11.6 Å². The van der Waals surface area contributed by atoms with E-state index >= 15 is 0 Å². The molecule has 7 nitrogen and oxygen atoms in total. The number of hydrogen-bond donors (Lipinski definition) is 4. The smallest absolute Gasteiger partial charge is 0.374 e. The first-order valence-corrected chi connectivity index (χ1v) is 10.3. The van der Waals surface area contributed by atoms with Gasteiger partial charge in [0.1, 0.15) is 0 Å². The minimum atomic E-state index is -4.64. The zero-order chi connectivity index (χ0) is 24.3. The first-order valence-electron chi connectivity index (χ1n) is 9.96. The molecular weight excluding hydrogens is 471 g/mol. The highest BCUT2D eigenvalue weighted by atomic mass is 35.5. The Kier molecular flexibility index (Phi) is 6.42. The number of aliphatic imine (C=N–C) groups is 1. The number of nitrogens with zero attached hydrogens (tertiary/aromatic N) is 1. The number of anilines is 3. The molecule has 0 saturated carbocycles. The minimum Gasteiger partial charge on any atom is -0.374 e. The lowest BCUT2D eigenvalue weighted by Crippen LogP contribution is -2.36. The number of amides is 2. The van der Waals surface area contributed by atoms with Crippen LogP contribution in [0.2, 0.25) is 5.02 Å². The van der Waals surface area contributed by atoms with Gasteiger partial charge in [-0.3, -0.25) is 14.9 Å². The normalized spacial score (nSPS) is 13.4. The van der Waals surface area contributed by atoms with Crippen molar-refractivity contribution in [2.75, 3.05) is 22.5 Å². The quantitative estimate of drug-likeness (QED) is 0.300. The predicted molar refractivity (Wildman–Crippen MR) is 125 cm³/mol. The van der Waals surface area contributed by atoms with E-state index in [4.69, 9.17) is 11.6 Å². The Morgan fingerprint density at radius 1 is 1.00 bits per heavy atom. The van der Waals surface area contributed by atoms with Gasteiger partial charge in [0.05, 0.1) is 29.2 Å². The third-order valence-corrected chi connectivity index (χ3v) is 4.99. The van der Waals surface area contributed by atoms with Crippen LogP contribution in [0.5, 0.6) is 0 Å². The average molecular weight is 488 g/mol. The highest BCUT2D eigenvalue weighted by Gasteiger charge is 2.33. The van der Waals surface area contributed by atoms with Crippen molar-refractivity contribution in [3.63, 3.8) is 0 Å². The number of para-hydroxylation sites is 1. The Bertz CT molecular complexity index is 1290. The maximum Gasteiger partial charge on any atom is 0.418 e. The van der Waals surface area contributed by atoms with E-state index in [1.54, 1.807) is 30.3 Å². The number of rotatable bonds is 3. The summed E-state index contributed by atoms with van der Waals surface area (Å²) < 4.78 is 40.5. The standard InChI is InChI=1S/C23H17ClF3N5O2/c24-14-5-3-4-13(10-14)21(34)32-22(31-17-7-2-1-6-16(17)23(25,26)27)29-15-8-9-18-19(11-15)28-12-20(33)30-18/h1-11,28H,12H2,(H,30,33)(H2,29,31,32,34). The second kappa shape index (κ2) is 9.44. The second-order valence-corrected chi connectivity index (χ2v) is 7.66. The lowest BCUT2D eigenvalue weighted by molar-refractivity contribution is -0.137. The Balaban J connectivity index is 1.69. The molecule has 1 heterocycles. The van der Waals surface area contributed by atoms with Crippen LogP contribution in [-0.2, 0) is 11.0 Å². The molecule has 0 saturated heterocycles. The van der Waals surface area contributed by atoms with Gasteiger partial charge < -0.3 is 16.0 Å². The van der Waals surface area contributed by atoms with Crippen LogP contribution in [0, 0.1) is 0 Å². The van der Waals surface area contributed by atoms with Gasteiger partial charge in [0.15, 0.2) is 0 Å². The summed E-state index contributed by atoms with van der Waals surface area (Å²) in [5.41, 5.74) is 0.415. The van der Waals surface area contributed by atoms with Gasteiger partial charge >= 0.3 is 6.18 Å². The summed E-state index contributed by atoms with van der Waals surface area (Å²) in [4.78, 5) is 28.4. The topological polar surface area (TPSA) is 94.6 Å². The molecule has 0 aromatic heterocycles. The van der Waals surface area contributed by atoms with Crippen LogP contribution in [0.1, 0.15) is 15.9 Å². The third-order valence-electron chi connectivity index (χ3n) is 4.76. The first kappa shape index (κ1) is 23.1. The SMILES string of the molecule is O=C1CNc2cc(NC(=Nc3ccccc3C(F)(F)F)NC(=O)c3cccc(Cl)c3)ccc2N1. The zero-order valence-electron chi connectivity index (χ0n) is 17.3. The van der Waals surface area contributed by atoms with Crippen molar-refractivity contribution in [2.45, 2.75) is 6.18 Å². The number of carbonyl (C=O) groups is 2. The summed E-state index contributed by atoms with van der Waals surface area (Å²) in [5.74, 6) is -1.06. The molecule has 3 aromatic carbocycles. The van der Waals surface area contributed by atoms with Crippen LogP contribution < -0.4 is 21.3 Å². The molecule has 174 valence electrons. The Morgan fingerprint density at radius 3 is 2.56 bits per heavy atom. The van der Waals surface area contributed by atoms with E-state index in [-0.39, 0.29) is 29.7 Å². The van der Waals surface area contributed by atoms with Crippen molar-refractivity contribution in [2.24, 2.45) is 4.99 Å². The van der Waals surface area contributed by atoms with Crippen LogP contribution in [0.3, 0.4) is 0 Å².